The fourth-order valence-corrected chi connectivity index (χ4v) is 6.51. The van der Waals surface area contributed by atoms with Gasteiger partial charge in [-0.2, -0.15) is 0 Å². The first-order valence-corrected chi connectivity index (χ1v) is 13.0. The summed E-state index contributed by atoms with van der Waals surface area (Å²) in [5, 5.41) is 5.35. The van der Waals surface area contributed by atoms with Gasteiger partial charge in [0.25, 0.3) is 0 Å². The molecule has 0 radical (unpaired) electrons. The van der Waals surface area contributed by atoms with E-state index in [2.05, 4.69) is 27.3 Å². The van der Waals surface area contributed by atoms with Crippen LogP contribution in [0.25, 0.3) is 0 Å². The summed E-state index contributed by atoms with van der Waals surface area (Å²) in [7, 11) is 0. The Hall–Kier alpha value is -2.25. The summed E-state index contributed by atoms with van der Waals surface area (Å²) in [5.74, 6) is -1.66. The first-order valence-electron chi connectivity index (χ1n) is 11.4. The van der Waals surface area contributed by atoms with Gasteiger partial charge in [0.2, 0.25) is 0 Å². The number of carbonyl (C=O) groups excluding carboxylic acids is 2. The summed E-state index contributed by atoms with van der Waals surface area (Å²) in [6, 6.07) is 8.71. The lowest BCUT2D eigenvalue weighted by molar-refractivity contribution is -0.144. The molecular formula is C26H25BrFNO3S. The maximum Gasteiger partial charge on any atom is 0.337 e. The monoisotopic (exact) mass is 529 g/mol. The number of benzene rings is 1. The zero-order valence-electron chi connectivity index (χ0n) is 18.3. The van der Waals surface area contributed by atoms with Gasteiger partial charge >= 0.3 is 5.97 Å². The third-order valence-electron chi connectivity index (χ3n) is 6.84. The molecule has 1 fully saturated rings. The summed E-state index contributed by atoms with van der Waals surface area (Å²) in [6.07, 6.45) is 4.64. The zero-order valence-corrected chi connectivity index (χ0v) is 20.7. The first-order chi connectivity index (χ1) is 15.9. The molecule has 7 heteroatoms. The van der Waals surface area contributed by atoms with E-state index in [1.54, 1.807) is 23.5 Å². The Morgan fingerprint density at radius 1 is 1.21 bits per heavy atom. The summed E-state index contributed by atoms with van der Waals surface area (Å²) < 4.78 is 21.7. The van der Waals surface area contributed by atoms with Crippen LogP contribution in [0.5, 0.6) is 0 Å². The van der Waals surface area contributed by atoms with Gasteiger partial charge in [0.05, 0.1) is 11.5 Å². The van der Waals surface area contributed by atoms with Crippen molar-refractivity contribution in [3.8, 4) is 0 Å². The number of ether oxygens (including phenoxy) is 1. The van der Waals surface area contributed by atoms with Crippen molar-refractivity contribution < 1.29 is 18.7 Å². The van der Waals surface area contributed by atoms with E-state index in [1.807, 2.05) is 18.4 Å². The lowest BCUT2D eigenvalue weighted by Gasteiger charge is -2.36. The average molecular weight is 530 g/mol. The average Bonchev–Trinajstić information content (AvgIpc) is 3.48. The standard InChI is InChI=1S/C26H25BrFNO3S/c1-14-23(26(31)32-17-5-2-3-6-17)24(18-13-16(27)8-9-19(18)28)25-20(29-14)11-15(12-21(25)30)22-7-4-10-33-22/h4,7-10,13,15,17,24,29H,2-3,5-6,11-12H2,1H3. The molecule has 1 aromatic heterocycles. The largest absolute Gasteiger partial charge is 0.459 e. The van der Waals surface area contributed by atoms with Crippen molar-refractivity contribution in [1.82, 2.24) is 5.32 Å². The van der Waals surface area contributed by atoms with Crippen LogP contribution in [-0.4, -0.2) is 17.9 Å². The third kappa shape index (κ3) is 4.33. The molecule has 5 rings (SSSR count). The molecule has 4 nitrogen and oxygen atoms in total. The number of hydrogen-bond acceptors (Lipinski definition) is 5. The summed E-state index contributed by atoms with van der Waals surface area (Å²) in [4.78, 5) is 28.1. The minimum absolute atomic E-state index is 0.0507. The fraction of sp³-hybridized carbons (Fsp3) is 0.385. The molecule has 0 bridgehead atoms. The van der Waals surface area contributed by atoms with E-state index in [1.165, 1.54) is 6.07 Å². The number of nitrogens with one attached hydrogen (secondary N) is 1. The molecule has 1 aliphatic heterocycles. The Balaban J connectivity index is 1.59. The minimum Gasteiger partial charge on any atom is -0.459 e. The van der Waals surface area contributed by atoms with Gasteiger partial charge in [-0.05, 0) is 68.7 Å². The Kier molecular flexibility index (Phi) is 6.27. The van der Waals surface area contributed by atoms with E-state index >= 15 is 4.39 Å². The topological polar surface area (TPSA) is 55.4 Å². The molecular weight excluding hydrogens is 505 g/mol. The van der Waals surface area contributed by atoms with Crippen LogP contribution in [0.4, 0.5) is 4.39 Å². The lowest BCUT2D eigenvalue weighted by atomic mass is 9.72. The number of esters is 1. The van der Waals surface area contributed by atoms with Crippen LogP contribution in [0.1, 0.15) is 67.7 Å². The second-order valence-corrected chi connectivity index (χ2v) is 10.9. The van der Waals surface area contributed by atoms with E-state index in [-0.39, 0.29) is 17.8 Å². The van der Waals surface area contributed by atoms with E-state index in [0.29, 0.717) is 39.7 Å². The maximum absolute atomic E-state index is 15.2. The Morgan fingerprint density at radius 3 is 2.73 bits per heavy atom. The van der Waals surface area contributed by atoms with E-state index < -0.39 is 17.7 Å². The zero-order chi connectivity index (χ0) is 23.1. The van der Waals surface area contributed by atoms with Crippen LogP contribution >= 0.6 is 27.3 Å². The predicted molar refractivity (Wildman–Crippen MR) is 129 cm³/mol. The van der Waals surface area contributed by atoms with Gasteiger partial charge in [-0.15, -0.1) is 11.3 Å². The van der Waals surface area contributed by atoms with Crippen LogP contribution in [-0.2, 0) is 14.3 Å². The molecule has 0 saturated heterocycles. The van der Waals surface area contributed by atoms with Gasteiger partial charge in [-0.25, -0.2) is 9.18 Å². The number of rotatable bonds is 4. The molecule has 172 valence electrons. The van der Waals surface area contributed by atoms with Crippen LogP contribution in [0.3, 0.4) is 0 Å². The van der Waals surface area contributed by atoms with Crippen molar-refractivity contribution in [3.63, 3.8) is 0 Å². The molecule has 2 unspecified atom stereocenters. The Bertz CT molecular complexity index is 1160. The van der Waals surface area contributed by atoms with Crippen molar-refractivity contribution in [2.24, 2.45) is 0 Å². The molecule has 3 aliphatic rings. The fourth-order valence-electron chi connectivity index (χ4n) is 5.30. The van der Waals surface area contributed by atoms with Crippen LogP contribution in [0.15, 0.2) is 62.7 Å². The first kappa shape index (κ1) is 22.5. The molecule has 2 aromatic rings. The molecule has 0 amide bonds. The third-order valence-corrected chi connectivity index (χ3v) is 8.37. The van der Waals surface area contributed by atoms with Gasteiger partial charge in [0, 0.05) is 44.2 Å². The molecule has 33 heavy (non-hydrogen) atoms. The van der Waals surface area contributed by atoms with Crippen molar-refractivity contribution in [1.29, 1.82) is 0 Å². The number of Topliss-reactive ketones (excluding diaryl/α,β-unsaturated/α-hetero) is 1. The molecule has 2 atom stereocenters. The lowest BCUT2D eigenvalue weighted by Crippen LogP contribution is -2.36. The highest BCUT2D eigenvalue weighted by molar-refractivity contribution is 9.10. The summed E-state index contributed by atoms with van der Waals surface area (Å²) in [5.41, 5.74) is 2.55. The number of thiophene rings is 1. The van der Waals surface area contributed by atoms with Gasteiger partial charge < -0.3 is 10.1 Å². The Morgan fingerprint density at radius 2 is 2.00 bits per heavy atom. The molecule has 2 heterocycles. The molecule has 2 aliphatic carbocycles. The number of allylic oxidation sites excluding steroid dienone is 3. The Labute approximate surface area is 205 Å². The van der Waals surface area contributed by atoms with Crippen molar-refractivity contribution >= 4 is 39.0 Å². The highest BCUT2D eigenvalue weighted by Crippen LogP contribution is 2.47. The van der Waals surface area contributed by atoms with E-state index in [4.69, 9.17) is 4.74 Å². The van der Waals surface area contributed by atoms with E-state index in [0.717, 1.165) is 36.3 Å². The molecule has 0 spiro atoms. The maximum atomic E-state index is 15.2. The SMILES string of the molecule is CC1=C(C(=O)OC2CCCC2)C(c2cc(Br)ccc2F)C2=C(CC(c3cccs3)CC2=O)N1. The van der Waals surface area contributed by atoms with Crippen LogP contribution < -0.4 is 5.32 Å². The second-order valence-electron chi connectivity index (χ2n) is 9.01. The van der Waals surface area contributed by atoms with Gasteiger partial charge in [-0.1, -0.05) is 22.0 Å². The number of halogens is 2. The summed E-state index contributed by atoms with van der Waals surface area (Å²) >= 11 is 5.07. The normalized spacial score (nSPS) is 23.5. The van der Waals surface area contributed by atoms with Crippen LogP contribution in [0.2, 0.25) is 0 Å². The molecule has 1 saturated carbocycles. The van der Waals surface area contributed by atoms with Crippen molar-refractivity contribution in [2.75, 3.05) is 0 Å². The molecule has 1 N–H and O–H groups in total. The quantitative estimate of drug-likeness (QED) is 0.459. The second kappa shape index (κ2) is 9.18. The number of ketones is 1. The predicted octanol–water partition coefficient (Wildman–Crippen LogP) is 6.50. The number of dihydropyridines is 1. The smallest absolute Gasteiger partial charge is 0.337 e. The molecule has 1 aromatic carbocycles. The van der Waals surface area contributed by atoms with Gasteiger partial charge in [0.15, 0.2) is 5.78 Å². The van der Waals surface area contributed by atoms with Crippen LogP contribution in [0, 0.1) is 5.82 Å². The van der Waals surface area contributed by atoms with E-state index in [9.17, 15) is 9.59 Å². The highest BCUT2D eigenvalue weighted by atomic mass is 79.9. The number of carbonyl (C=O) groups is 2. The van der Waals surface area contributed by atoms with Gasteiger partial charge in [-0.3, -0.25) is 4.79 Å². The highest BCUT2D eigenvalue weighted by Gasteiger charge is 2.43. The van der Waals surface area contributed by atoms with Gasteiger partial charge in [0.1, 0.15) is 11.9 Å². The van der Waals surface area contributed by atoms with Crippen molar-refractivity contribution in [3.05, 3.63) is 79.0 Å². The number of hydrogen-bond donors (Lipinski definition) is 1. The minimum atomic E-state index is -0.788. The summed E-state index contributed by atoms with van der Waals surface area (Å²) in [6.45, 7) is 1.82. The van der Waals surface area contributed by atoms with Crippen molar-refractivity contribution in [2.45, 2.75) is 63.4 Å².